The summed E-state index contributed by atoms with van der Waals surface area (Å²) in [6.07, 6.45) is 1.48. The number of furan rings is 1. The summed E-state index contributed by atoms with van der Waals surface area (Å²) in [6.45, 7) is 0.904. The highest BCUT2D eigenvalue weighted by Crippen LogP contribution is 2.39. The van der Waals surface area contributed by atoms with Gasteiger partial charge in [0.25, 0.3) is 11.7 Å². The van der Waals surface area contributed by atoms with E-state index in [-0.39, 0.29) is 11.3 Å². The summed E-state index contributed by atoms with van der Waals surface area (Å²) in [6, 6.07) is 9.32. The predicted molar refractivity (Wildman–Crippen MR) is 99.3 cm³/mol. The average Bonchev–Trinajstić information content (AvgIpc) is 3.27. The molecule has 1 amide bonds. The average molecular weight is 370 g/mol. The highest BCUT2D eigenvalue weighted by molar-refractivity contribution is 6.46. The van der Waals surface area contributed by atoms with Crippen LogP contribution in [0.25, 0.3) is 5.76 Å². The molecule has 0 spiro atoms. The lowest BCUT2D eigenvalue weighted by molar-refractivity contribution is -0.140. The SMILES string of the molecule is COc1cccc(C(O)=C2C(=O)C(=O)N(CCN(C)C)[C@H]2c2ccco2)c1. The van der Waals surface area contributed by atoms with Gasteiger partial charge in [-0.05, 0) is 38.4 Å². The van der Waals surface area contributed by atoms with Gasteiger partial charge in [-0.3, -0.25) is 9.59 Å². The molecule has 0 radical (unpaired) electrons. The zero-order valence-corrected chi connectivity index (χ0v) is 15.5. The number of hydrogen-bond acceptors (Lipinski definition) is 6. The minimum Gasteiger partial charge on any atom is -0.507 e. The largest absolute Gasteiger partial charge is 0.507 e. The van der Waals surface area contributed by atoms with Crippen molar-refractivity contribution in [1.29, 1.82) is 0 Å². The summed E-state index contributed by atoms with van der Waals surface area (Å²) < 4.78 is 10.7. The van der Waals surface area contributed by atoms with Crippen molar-refractivity contribution in [3.8, 4) is 5.75 Å². The van der Waals surface area contributed by atoms with E-state index in [1.807, 2.05) is 19.0 Å². The van der Waals surface area contributed by atoms with Crippen LogP contribution in [0, 0.1) is 0 Å². The minimum absolute atomic E-state index is 0.0157. The van der Waals surface area contributed by atoms with Crippen LogP contribution in [0.2, 0.25) is 0 Å². The Hall–Kier alpha value is -3.06. The van der Waals surface area contributed by atoms with Gasteiger partial charge in [0, 0.05) is 18.7 Å². The molecule has 142 valence electrons. The fourth-order valence-corrected chi connectivity index (χ4v) is 3.09. The van der Waals surface area contributed by atoms with Crippen LogP contribution >= 0.6 is 0 Å². The van der Waals surface area contributed by atoms with Crippen molar-refractivity contribution >= 4 is 17.4 Å². The molecule has 7 nitrogen and oxygen atoms in total. The third kappa shape index (κ3) is 3.59. The first-order valence-electron chi connectivity index (χ1n) is 8.55. The lowest BCUT2D eigenvalue weighted by Crippen LogP contribution is -2.35. The number of ketones is 1. The molecule has 2 heterocycles. The number of methoxy groups -OCH3 is 1. The summed E-state index contributed by atoms with van der Waals surface area (Å²) in [5, 5.41) is 10.9. The highest BCUT2D eigenvalue weighted by atomic mass is 16.5. The molecular weight excluding hydrogens is 348 g/mol. The van der Waals surface area contributed by atoms with Gasteiger partial charge >= 0.3 is 0 Å². The third-order valence-corrected chi connectivity index (χ3v) is 4.48. The van der Waals surface area contributed by atoms with Crippen LogP contribution in [0.3, 0.4) is 0 Å². The van der Waals surface area contributed by atoms with E-state index in [4.69, 9.17) is 9.15 Å². The minimum atomic E-state index is -0.772. The van der Waals surface area contributed by atoms with Gasteiger partial charge < -0.3 is 24.1 Å². The Morgan fingerprint density at radius 3 is 2.67 bits per heavy atom. The van der Waals surface area contributed by atoms with Crippen molar-refractivity contribution in [3.63, 3.8) is 0 Å². The molecule has 0 bridgehead atoms. The fourth-order valence-electron chi connectivity index (χ4n) is 3.09. The predicted octanol–water partition coefficient (Wildman–Crippen LogP) is 2.27. The molecule has 27 heavy (non-hydrogen) atoms. The van der Waals surface area contributed by atoms with Gasteiger partial charge in [0.05, 0.1) is 18.9 Å². The second kappa shape index (κ2) is 7.67. The Labute approximate surface area is 157 Å². The lowest BCUT2D eigenvalue weighted by atomic mass is 9.99. The van der Waals surface area contributed by atoms with E-state index in [0.29, 0.717) is 30.2 Å². The molecule has 1 saturated heterocycles. The lowest BCUT2D eigenvalue weighted by Gasteiger charge is -2.24. The van der Waals surface area contributed by atoms with E-state index >= 15 is 0 Å². The maximum absolute atomic E-state index is 12.7. The molecule has 1 aliphatic heterocycles. The zero-order valence-electron chi connectivity index (χ0n) is 15.5. The van der Waals surface area contributed by atoms with Gasteiger partial charge in [-0.15, -0.1) is 0 Å². The molecule has 1 N–H and O–H groups in total. The fraction of sp³-hybridized carbons (Fsp3) is 0.300. The van der Waals surface area contributed by atoms with Crippen LogP contribution in [-0.2, 0) is 9.59 Å². The van der Waals surface area contributed by atoms with E-state index in [1.54, 1.807) is 36.4 Å². The smallest absolute Gasteiger partial charge is 0.295 e. The third-order valence-electron chi connectivity index (χ3n) is 4.48. The first kappa shape index (κ1) is 18.7. The first-order valence-corrected chi connectivity index (χ1v) is 8.55. The van der Waals surface area contributed by atoms with Crippen molar-refractivity contribution in [3.05, 3.63) is 59.6 Å². The Morgan fingerprint density at radius 1 is 1.26 bits per heavy atom. The molecular formula is C20H22N2O5. The number of aliphatic hydroxyl groups is 1. The number of benzene rings is 1. The molecule has 3 rings (SSSR count). The molecule has 1 aliphatic rings. The highest BCUT2D eigenvalue weighted by Gasteiger charge is 2.47. The van der Waals surface area contributed by atoms with Gasteiger partial charge in [0.15, 0.2) is 0 Å². The van der Waals surface area contributed by atoms with Crippen LogP contribution in [0.15, 0.2) is 52.7 Å². The summed E-state index contributed by atoms with van der Waals surface area (Å²) >= 11 is 0. The van der Waals surface area contributed by atoms with E-state index in [1.165, 1.54) is 18.3 Å². The number of aliphatic hydroxyl groups excluding tert-OH is 1. The Kier molecular flexibility index (Phi) is 5.32. The number of likely N-dealkylation sites (N-methyl/N-ethyl adjacent to an activating group) is 1. The van der Waals surface area contributed by atoms with Crippen LogP contribution in [0.4, 0.5) is 0 Å². The van der Waals surface area contributed by atoms with Crippen molar-refractivity contribution in [1.82, 2.24) is 9.80 Å². The summed E-state index contributed by atoms with van der Waals surface area (Å²) in [5.74, 6) is -0.660. The molecule has 1 aromatic heterocycles. The maximum atomic E-state index is 12.7. The van der Waals surface area contributed by atoms with Gasteiger partial charge in [0.1, 0.15) is 23.3 Å². The molecule has 7 heteroatoms. The molecule has 0 aliphatic carbocycles. The Balaban J connectivity index is 2.10. The van der Waals surface area contributed by atoms with Gasteiger partial charge in [0.2, 0.25) is 0 Å². The molecule has 1 atom stereocenters. The van der Waals surface area contributed by atoms with Gasteiger partial charge in [-0.25, -0.2) is 0 Å². The Morgan fingerprint density at radius 2 is 2.04 bits per heavy atom. The number of amides is 1. The van der Waals surface area contributed by atoms with Crippen LogP contribution in [-0.4, -0.2) is 60.9 Å². The van der Waals surface area contributed by atoms with Crippen molar-refractivity contribution in [2.24, 2.45) is 0 Å². The summed E-state index contributed by atoms with van der Waals surface area (Å²) in [5.41, 5.74) is 0.415. The Bertz CT molecular complexity index is 870. The van der Waals surface area contributed by atoms with Crippen molar-refractivity contribution in [2.75, 3.05) is 34.3 Å². The van der Waals surface area contributed by atoms with Crippen molar-refractivity contribution in [2.45, 2.75) is 6.04 Å². The van der Waals surface area contributed by atoms with Gasteiger partial charge in [-0.1, -0.05) is 12.1 Å². The number of rotatable bonds is 6. The second-order valence-electron chi connectivity index (χ2n) is 6.54. The van der Waals surface area contributed by atoms with E-state index < -0.39 is 17.7 Å². The quantitative estimate of drug-likeness (QED) is 0.477. The first-order chi connectivity index (χ1) is 12.9. The summed E-state index contributed by atoms with van der Waals surface area (Å²) in [7, 11) is 5.28. The monoisotopic (exact) mass is 370 g/mol. The molecule has 0 saturated carbocycles. The number of carbonyl (C=O) groups is 2. The maximum Gasteiger partial charge on any atom is 0.295 e. The zero-order chi connectivity index (χ0) is 19.6. The molecule has 2 aromatic rings. The van der Waals surface area contributed by atoms with Gasteiger partial charge in [-0.2, -0.15) is 0 Å². The van der Waals surface area contributed by atoms with Crippen LogP contribution in [0.5, 0.6) is 5.75 Å². The number of Topliss-reactive ketones (excluding diaryl/α,β-unsaturated/α-hetero) is 1. The van der Waals surface area contributed by atoms with E-state index in [2.05, 4.69) is 0 Å². The molecule has 1 aromatic carbocycles. The topological polar surface area (TPSA) is 83.2 Å². The van der Waals surface area contributed by atoms with E-state index in [9.17, 15) is 14.7 Å². The van der Waals surface area contributed by atoms with E-state index in [0.717, 1.165) is 0 Å². The number of likely N-dealkylation sites (tertiary alicyclic amines) is 1. The number of nitrogens with zero attached hydrogens (tertiary/aromatic N) is 2. The second-order valence-corrected chi connectivity index (χ2v) is 6.54. The number of ether oxygens (including phenoxy) is 1. The standard InChI is InChI=1S/C20H22N2O5/c1-21(2)9-10-22-17(15-8-5-11-27-15)16(19(24)20(22)25)18(23)13-6-4-7-14(12-13)26-3/h4-8,11-12,17,23H,9-10H2,1-3H3/t17-/m0/s1. The number of hydrogen-bond donors (Lipinski definition) is 1. The van der Waals surface area contributed by atoms with Crippen molar-refractivity contribution < 1.29 is 23.8 Å². The number of carbonyl (C=O) groups excluding carboxylic acids is 2. The normalized spacial score (nSPS) is 19.1. The summed E-state index contributed by atoms with van der Waals surface area (Å²) in [4.78, 5) is 28.7. The van der Waals surface area contributed by atoms with Crippen LogP contribution in [0.1, 0.15) is 17.4 Å². The molecule has 1 fully saturated rings. The van der Waals surface area contributed by atoms with Crippen LogP contribution < -0.4 is 4.74 Å². The molecule has 0 unspecified atom stereocenters.